The van der Waals surface area contributed by atoms with Crippen molar-refractivity contribution in [1.82, 2.24) is 0 Å². The van der Waals surface area contributed by atoms with Gasteiger partial charge in [-0.3, -0.25) is 0 Å². The van der Waals surface area contributed by atoms with Gasteiger partial charge in [-0.05, 0) is 13.3 Å². The van der Waals surface area contributed by atoms with Crippen LogP contribution in [0.2, 0.25) is 0 Å². The van der Waals surface area contributed by atoms with Crippen LogP contribution in [0.4, 0.5) is 8.78 Å². The number of allylic oxidation sites excluding steroid dienone is 1. The van der Waals surface area contributed by atoms with Crippen LogP contribution >= 0.6 is 0 Å². The standard InChI is InChI=1S/C6H10F2O2S/c1-3-4-5(2)11(9,10)6(7)8/h3,5-6H,1,4H2,2H3. The molecule has 0 aliphatic rings. The van der Waals surface area contributed by atoms with Gasteiger partial charge in [0.1, 0.15) is 0 Å². The van der Waals surface area contributed by atoms with Crippen LogP contribution in [0.25, 0.3) is 0 Å². The van der Waals surface area contributed by atoms with Crippen LogP contribution in [-0.4, -0.2) is 19.4 Å². The molecule has 66 valence electrons. The summed E-state index contributed by atoms with van der Waals surface area (Å²) in [6, 6.07) is 0. The van der Waals surface area contributed by atoms with E-state index in [2.05, 4.69) is 6.58 Å². The van der Waals surface area contributed by atoms with E-state index in [0.717, 1.165) is 0 Å². The van der Waals surface area contributed by atoms with E-state index in [1.807, 2.05) is 0 Å². The first-order valence-electron chi connectivity index (χ1n) is 3.04. The van der Waals surface area contributed by atoms with Crippen molar-refractivity contribution in [3.05, 3.63) is 12.7 Å². The van der Waals surface area contributed by atoms with Crippen LogP contribution < -0.4 is 0 Å². The van der Waals surface area contributed by atoms with Gasteiger partial charge in [-0.1, -0.05) is 6.08 Å². The topological polar surface area (TPSA) is 34.1 Å². The third-order valence-electron chi connectivity index (χ3n) is 1.31. The highest BCUT2D eigenvalue weighted by atomic mass is 32.2. The van der Waals surface area contributed by atoms with E-state index in [-0.39, 0.29) is 6.42 Å². The van der Waals surface area contributed by atoms with Crippen molar-refractivity contribution in [2.45, 2.75) is 24.4 Å². The molecular weight excluding hydrogens is 174 g/mol. The minimum atomic E-state index is -4.24. The molecule has 0 aliphatic heterocycles. The maximum atomic E-state index is 11.8. The maximum absolute atomic E-state index is 11.8. The third kappa shape index (κ3) is 2.57. The van der Waals surface area contributed by atoms with E-state index in [1.54, 1.807) is 0 Å². The minimum absolute atomic E-state index is 0.0622. The number of rotatable bonds is 4. The van der Waals surface area contributed by atoms with E-state index in [0.29, 0.717) is 0 Å². The second-order valence-electron chi connectivity index (χ2n) is 2.18. The molecule has 0 heterocycles. The summed E-state index contributed by atoms with van der Waals surface area (Å²) in [4.78, 5) is 0. The zero-order valence-corrected chi connectivity index (χ0v) is 6.94. The normalized spacial score (nSPS) is 14.9. The molecule has 11 heavy (non-hydrogen) atoms. The predicted molar refractivity (Wildman–Crippen MR) is 39.2 cm³/mol. The highest BCUT2D eigenvalue weighted by Gasteiger charge is 2.29. The Morgan fingerprint density at radius 1 is 1.55 bits per heavy atom. The van der Waals surface area contributed by atoms with Crippen molar-refractivity contribution in [2.24, 2.45) is 0 Å². The molecule has 0 radical (unpaired) electrons. The quantitative estimate of drug-likeness (QED) is 0.622. The summed E-state index contributed by atoms with van der Waals surface area (Å²) in [5, 5.41) is -1.04. The summed E-state index contributed by atoms with van der Waals surface area (Å²) >= 11 is 0. The van der Waals surface area contributed by atoms with Gasteiger partial charge in [0.25, 0.3) is 0 Å². The molecule has 2 nitrogen and oxygen atoms in total. The summed E-state index contributed by atoms with van der Waals surface area (Å²) in [7, 11) is -4.24. The van der Waals surface area contributed by atoms with Crippen molar-refractivity contribution >= 4 is 9.84 Å². The Hall–Kier alpha value is -0.450. The van der Waals surface area contributed by atoms with Crippen molar-refractivity contribution in [2.75, 3.05) is 0 Å². The Bertz CT molecular complexity index is 221. The molecule has 0 spiro atoms. The van der Waals surface area contributed by atoms with Crippen LogP contribution in [0.1, 0.15) is 13.3 Å². The van der Waals surface area contributed by atoms with Crippen LogP contribution in [-0.2, 0) is 9.84 Å². The van der Waals surface area contributed by atoms with Crippen molar-refractivity contribution in [1.29, 1.82) is 0 Å². The van der Waals surface area contributed by atoms with E-state index >= 15 is 0 Å². The molecule has 0 N–H and O–H groups in total. The summed E-state index contributed by atoms with van der Waals surface area (Å²) in [6.07, 6.45) is 1.37. The fourth-order valence-electron chi connectivity index (χ4n) is 0.544. The highest BCUT2D eigenvalue weighted by molar-refractivity contribution is 7.92. The lowest BCUT2D eigenvalue weighted by molar-refractivity contribution is 0.233. The monoisotopic (exact) mass is 184 g/mol. The second kappa shape index (κ2) is 3.80. The van der Waals surface area contributed by atoms with Gasteiger partial charge in [0.2, 0.25) is 9.84 Å². The molecule has 0 aromatic rings. The molecule has 5 heteroatoms. The van der Waals surface area contributed by atoms with Gasteiger partial charge in [-0.2, -0.15) is 8.78 Å². The number of sulfone groups is 1. The van der Waals surface area contributed by atoms with Crippen molar-refractivity contribution < 1.29 is 17.2 Å². The van der Waals surface area contributed by atoms with Gasteiger partial charge in [0, 0.05) is 0 Å². The van der Waals surface area contributed by atoms with E-state index < -0.39 is 20.8 Å². The lowest BCUT2D eigenvalue weighted by Crippen LogP contribution is -2.23. The van der Waals surface area contributed by atoms with Crippen LogP contribution in [0.15, 0.2) is 12.7 Å². The Kier molecular flexibility index (Phi) is 3.65. The Morgan fingerprint density at radius 2 is 2.00 bits per heavy atom. The number of halogens is 2. The molecule has 0 saturated carbocycles. The first-order chi connectivity index (χ1) is 4.92. The average molecular weight is 184 g/mol. The van der Waals surface area contributed by atoms with Crippen LogP contribution in [0.3, 0.4) is 0 Å². The lowest BCUT2D eigenvalue weighted by Gasteiger charge is -2.08. The first-order valence-corrected chi connectivity index (χ1v) is 4.65. The van der Waals surface area contributed by atoms with Crippen LogP contribution in [0.5, 0.6) is 0 Å². The van der Waals surface area contributed by atoms with Crippen LogP contribution in [0, 0.1) is 0 Å². The number of alkyl halides is 2. The second-order valence-corrected chi connectivity index (χ2v) is 4.52. The highest BCUT2D eigenvalue weighted by Crippen LogP contribution is 2.14. The van der Waals surface area contributed by atoms with Gasteiger partial charge >= 0.3 is 5.76 Å². The zero-order chi connectivity index (χ0) is 9.07. The number of hydrogen-bond acceptors (Lipinski definition) is 2. The Balaban J connectivity index is 4.43. The van der Waals surface area contributed by atoms with Gasteiger partial charge in [0.05, 0.1) is 5.25 Å². The largest absolute Gasteiger partial charge is 0.337 e. The van der Waals surface area contributed by atoms with Gasteiger partial charge in [-0.25, -0.2) is 8.42 Å². The average Bonchev–Trinajstić information content (AvgIpc) is 1.88. The van der Waals surface area contributed by atoms with E-state index in [4.69, 9.17) is 0 Å². The molecule has 1 unspecified atom stereocenters. The lowest BCUT2D eigenvalue weighted by atomic mass is 10.3. The SMILES string of the molecule is C=CCC(C)S(=O)(=O)C(F)F. The zero-order valence-electron chi connectivity index (χ0n) is 6.13. The molecule has 0 fully saturated rings. The molecule has 0 rings (SSSR count). The molecule has 0 saturated heterocycles. The first kappa shape index (κ1) is 10.6. The predicted octanol–water partition coefficient (Wildman–Crippen LogP) is 1.59. The minimum Gasteiger partial charge on any atom is -0.223 e. The number of hydrogen-bond donors (Lipinski definition) is 0. The summed E-state index contributed by atoms with van der Waals surface area (Å²) in [5.74, 6) is -3.28. The Morgan fingerprint density at radius 3 is 2.27 bits per heavy atom. The van der Waals surface area contributed by atoms with E-state index in [1.165, 1.54) is 13.0 Å². The molecule has 0 bridgehead atoms. The van der Waals surface area contributed by atoms with Gasteiger partial charge in [-0.15, -0.1) is 6.58 Å². The van der Waals surface area contributed by atoms with Gasteiger partial charge < -0.3 is 0 Å². The summed E-state index contributed by atoms with van der Waals surface area (Å²) in [6.45, 7) is 4.50. The fraction of sp³-hybridized carbons (Fsp3) is 0.667. The Labute approximate surface area is 64.8 Å². The van der Waals surface area contributed by atoms with Crippen molar-refractivity contribution in [3.63, 3.8) is 0 Å². The smallest absolute Gasteiger partial charge is 0.223 e. The summed E-state index contributed by atoms with van der Waals surface area (Å²) in [5.41, 5.74) is 0. The van der Waals surface area contributed by atoms with E-state index in [9.17, 15) is 17.2 Å². The molecule has 1 atom stereocenters. The molecular formula is C6H10F2O2S. The fourth-order valence-corrected chi connectivity index (χ4v) is 1.30. The molecule has 0 aromatic carbocycles. The maximum Gasteiger partial charge on any atom is 0.337 e. The molecule has 0 aliphatic carbocycles. The molecule has 0 aromatic heterocycles. The summed E-state index contributed by atoms with van der Waals surface area (Å²) < 4.78 is 44.8. The molecule has 0 amide bonds. The third-order valence-corrected chi connectivity index (χ3v) is 3.12. The van der Waals surface area contributed by atoms with Gasteiger partial charge in [0.15, 0.2) is 0 Å². The van der Waals surface area contributed by atoms with Crippen molar-refractivity contribution in [3.8, 4) is 0 Å².